The number of amides is 1. The molecular weight excluding hydrogens is 262 g/mol. The molecule has 0 radical (unpaired) electrons. The van der Waals surface area contributed by atoms with Crippen LogP contribution < -0.4 is 5.32 Å². The van der Waals surface area contributed by atoms with E-state index in [0.717, 1.165) is 35.7 Å². The molecule has 1 aliphatic rings. The van der Waals surface area contributed by atoms with Crippen molar-refractivity contribution in [1.82, 2.24) is 10.1 Å². The first-order valence-electron chi connectivity index (χ1n) is 6.49. The number of thiophene rings is 1. The van der Waals surface area contributed by atoms with Gasteiger partial charge in [-0.1, -0.05) is 12.1 Å². The molecule has 2 aromatic rings. The Balaban J connectivity index is 1.79. The maximum Gasteiger partial charge on any atom is 0.270 e. The zero-order chi connectivity index (χ0) is 13.2. The van der Waals surface area contributed by atoms with E-state index in [1.807, 2.05) is 18.4 Å². The molecule has 19 heavy (non-hydrogen) atoms. The molecule has 2 aromatic heterocycles. The highest BCUT2D eigenvalue weighted by Crippen LogP contribution is 2.40. The topological polar surface area (TPSA) is 68.0 Å². The second-order valence-corrected chi connectivity index (χ2v) is 5.61. The van der Waals surface area contributed by atoms with Gasteiger partial charge in [-0.25, -0.2) is 0 Å². The van der Waals surface area contributed by atoms with Crippen molar-refractivity contribution < 1.29 is 9.32 Å². The summed E-state index contributed by atoms with van der Waals surface area (Å²) in [5.41, 5.74) is 0.759. The number of nitrogens with zero attached hydrogens (tertiary/aromatic N) is 2. The normalized spacial score (nSPS) is 14.6. The van der Waals surface area contributed by atoms with Gasteiger partial charge in [0.2, 0.25) is 5.91 Å². The molecule has 0 unspecified atom stereocenters. The van der Waals surface area contributed by atoms with Crippen LogP contribution in [-0.4, -0.2) is 16.0 Å². The van der Waals surface area contributed by atoms with E-state index >= 15 is 0 Å². The Kier molecular flexibility index (Phi) is 3.33. The number of carbonyl (C=O) groups excluding carboxylic acids is 1. The summed E-state index contributed by atoms with van der Waals surface area (Å²) in [6.45, 7) is 1.98. The summed E-state index contributed by atoms with van der Waals surface area (Å²) in [4.78, 5) is 16.9. The number of carbonyl (C=O) groups is 1. The van der Waals surface area contributed by atoms with Gasteiger partial charge >= 0.3 is 0 Å². The zero-order valence-corrected chi connectivity index (χ0v) is 11.5. The van der Waals surface area contributed by atoms with Crippen LogP contribution in [0.1, 0.15) is 44.3 Å². The first kappa shape index (κ1) is 12.3. The van der Waals surface area contributed by atoms with Crippen LogP contribution in [-0.2, 0) is 4.79 Å². The maximum atomic E-state index is 11.6. The minimum atomic E-state index is 0.0177. The zero-order valence-electron chi connectivity index (χ0n) is 10.7. The van der Waals surface area contributed by atoms with Crippen molar-refractivity contribution in [3.05, 3.63) is 17.3 Å². The van der Waals surface area contributed by atoms with E-state index in [9.17, 15) is 4.79 Å². The van der Waals surface area contributed by atoms with Crippen molar-refractivity contribution in [1.29, 1.82) is 0 Å². The van der Waals surface area contributed by atoms with E-state index in [4.69, 9.17) is 4.52 Å². The quantitative estimate of drug-likeness (QED) is 0.909. The molecule has 1 amide bonds. The van der Waals surface area contributed by atoms with E-state index < -0.39 is 0 Å². The molecule has 1 aliphatic carbocycles. The van der Waals surface area contributed by atoms with Crippen LogP contribution in [0.3, 0.4) is 0 Å². The van der Waals surface area contributed by atoms with Gasteiger partial charge in [0.15, 0.2) is 5.82 Å². The summed E-state index contributed by atoms with van der Waals surface area (Å²) in [7, 11) is 0. The van der Waals surface area contributed by atoms with E-state index in [1.54, 1.807) is 0 Å². The third-order valence-corrected chi connectivity index (χ3v) is 3.90. The summed E-state index contributed by atoms with van der Waals surface area (Å²) in [6, 6.07) is 1.87. The number of anilines is 1. The lowest BCUT2D eigenvalue weighted by atomic mass is 10.3. The van der Waals surface area contributed by atoms with E-state index in [-0.39, 0.29) is 5.91 Å². The molecule has 0 atom stereocenters. The lowest BCUT2D eigenvalue weighted by Crippen LogP contribution is -2.10. The Morgan fingerprint density at radius 1 is 1.58 bits per heavy atom. The van der Waals surface area contributed by atoms with E-state index in [1.165, 1.54) is 11.3 Å². The van der Waals surface area contributed by atoms with Gasteiger partial charge < -0.3 is 9.84 Å². The van der Waals surface area contributed by atoms with Crippen molar-refractivity contribution in [2.45, 2.75) is 38.5 Å². The highest BCUT2D eigenvalue weighted by molar-refractivity contribution is 7.14. The first-order chi connectivity index (χ1) is 9.28. The van der Waals surface area contributed by atoms with Crippen LogP contribution in [0.4, 0.5) is 5.69 Å². The maximum absolute atomic E-state index is 11.6. The average molecular weight is 277 g/mol. The monoisotopic (exact) mass is 277 g/mol. The molecule has 1 fully saturated rings. The molecule has 3 rings (SSSR count). The molecule has 0 aromatic carbocycles. The summed E-state index contributed by atoms with van der Waals surface area (Å²) in [5.74, 6) is 1.78. The van der Waals surface area contributed by atoms with Crippen molar-refractivity contribution in [3.8, 4) is 10.8 Å². The molecule has 5 nitrogen and oxygen atoms in total. The number of rotatable bonds is 5. The lowest BCUT2D eigenvalue weighted by Gasteiger charge is -2.02. The van der Waals surface area contributed by atoms with Gasteiger partial charge in [0, 0.05) is 12.3 Å². The van der Waals surface area contributed by atoms with Gasteiger partial charge in [-0.3, -0.25) is 4.79 Å². The molecular formula is C13H15N3O2S. The SMILES string of the molecule is CCCC(=O)Nc1ccsc1-c1nc(C2CC2)no1. The van der Waals surface area contributed by atoms with Gasteiger partial charge in [-0.05, 0) is 30.7 Å². The predicted octanol–water partition coefficient (Wildman–Crippen LogP) is 3.41. The number of nitrogens with one attached hydrogen (secondary N) is 1. The van der Waals surface area contributed by atoms with Crippen molar-refractivity contribution in [3.63, 3.8) is 0 Å². The van der Waals surface area contributed by atoms with Gasteiger partial charge in [-0.2, -0.15) is 4.98 Å². The smallest absolute Gasteiger partial charge is 0.270 e. The summed E-state index contributed by atoms with van der Waals surface area (Å²) in [5, 5.41) is 8.80. The second kappa shape index (κ2) is 5.13. The van der Waals surface area contributed by atoms with Crippen molar-refractivity contribution in [2.24, 2.45) is 0 Å². The standard InChI is InChI=1S/C13H15N3O2S/c1-2-3-10(17)14-9-6-7-19-11(9)13-15-12(16-18-13)8-4-5-8/h6-8H,2-5H2,1H3,(H,14,17). The Bertz CT molecular complexity index is 586. The molecule has 0 bridgehead atoms. The van der Waals surface area contributed by atoms with E-state index in [2.05, 4.69) is 15.5 Å². The van der Waals surface area contributed by atoms with Gasteiger partial charge in [-0.15, -0.1) is 11.3 Å². The summed E-state index contributed by atoms with van der Waals surface area (Å²) >= 11 is 1.50. The fourth-order valence-corrected chi connectivity index (χ4v) is 2.62. The Morgan fingerprint density at radius 2 is 2.42 bits per heavy atom. The van der Waals surface area contributed by atoms with Gasteiger partial charge in [0.25, 0.3) is 5.89 Å². The van der Waals surface area contributed by atoms with Crippen LogP contribution in [0.15, 0.2) is 16.0 Å². The minimum Gasteiger partial charge on any atom is -0.333 e. The van der Waals surface area contributed by atoms with E-state index in [0.29, 0.717) is 18.2 Å². The molecule has 0 spiro atoms. The third kappa shape index (κ3) is 2.68. The Hall–Kier alpha value is -1.69. The number of hydrogen-bond donors (Lipinski definition) is 1. The molecule has 100 valence electrons. The number of aromatic nitrogens is 2. The van der Waals surface area contributed by atoms with Crippen molar-refractivity contribution >= 4 is 22.9 Å². The number of hydrogen-bond acceptors (Lipinski definition) is 5. The fourth-order valence-electron chi connectivity index (χ4n) is 1.85. The largest absolute Gasteiger partial charge is 0.333 e. The van der Waals surface area contributed by atoms with Crippen LogP contribution in [0.2, 0.25) is 0 Å². The minimum absolute atomic E-state index is 0.0177. The van der Waals surface area contributed by atoms with Gasteiger partial charge in [0.05, 0.1) is 5.69 Å². The first-order valence-corrected chi connectivity index (χ1v) is 7.37. The average Bonchev–Trinajstić information content (AvgIpc) is 2.95. The van der Waals surface area contributed by atoms with Gasteiger partial charge in [0.1, 0.15) is 4.88 Å². The Labute approximate surface area is 115 Å². The molecule has 1 saturated carbocycles. The van der Waals surface area contributed by atoms with Crippen molar-refractivity contribution in [2.75, 3.05) is 5.32 Å². The molecule has 0 saturated heterocycles. The van der Waals surface area contributed by atoms with Crippen LogP contribution in [0.25, 0.3) is 10.8 Å². The van der Waals surface area contributed by atoms with Crippen LogP contribution in [0, 0.1) is 0 Å². The highest BCUT2D eigenvalue weighted by Gasteiger charge is 2.29. The predicted molar refractivity (Wildman–Crippen MR) is 73.1 cm³/mol. The molecule has 6 heteroatoms. The summed E-state index contributed by atoms with van der Waals surface area (Å²) < 4.78 is 5.29. The van der Waals surface area contributed by atoms with Crippen LogP contribution >= 0.6 is 11.3 Å². The van der Waals surface area contributed by atoms with Crippen LogP contribution in [0.5, 0.6) is 0 Å². The molecule has 2 heterocycles. The lowest BCUT2D eigenvalue weighted by molar-refractivity contribution is -0.116. The fraction of sp³-hybridized carbons (Fsp3) is 0.462. The second-order valence-electron chi connectivity index (χ2n) is 4.69. The molecule has 1 N–H and O–H groups in total. The highest BCUT2D eigenvalue weighted by atomic mass is 32.1. The Morgan fingerprint density at radius 3 is 3.16 bits per heavy atom. The molecule has 0 aliphatic heterocycles. The third-order valence-electron chi connectivity index (χ3n) is 2.99. The summed E-state index contributed by atoms with van der Waals surface area (Å²) in [6.07, 6.45) is 3.64.